The van der Waals surface area contributed by atoms with Gasteiger partial charge in [-0.3, -0.25) is 38.7 Å². The van der Waals surface area contributed by atoms with E-state index in [0.29, 0.717) is 31.1 Å². The number of nitrogens with one attached hydrogen (secondary N) is 1. The molecule has 0 aromatic rings. The molecule has 0 aromatic heterocycles. The number of carboxylic acid groups (broad SMARTS) is 4. The van der Waals surface area contributed by atoms with Gasteiger partial charge < -0.3 is 36.0 Å². The average Bonchev–Trinajstić information content (AvgIpc) is 3.40. The van der Waals surface area contributed by atoms with Crippen LogP contribution in [0.25, 0.3) is 0 Å². The van der Waals surface area contributed by atoms with Crippen molar-refractivity contribution in [3.63, 3.8) is 0 Å². The van der Waals surface area contributed by atoms with Crippen molar-refractivity contribution >= 4 is 29.8 Å². The molecule has 11 atom stereocenters. The third-order valence-corrected chi connectivity index (χ3v) is 13.9. The third-order valence-electron chi connectivity index (χ3n) is 13.9. The number of carbonyl (C=O) groups excluding carboxylic acids is 1. The Morgan fingerprint density at radius 3 is 1.75 bits per heavy atom. The van der Waals surface area contributed by atoms with Gasteiger partial charge in [-0.1, -0.05) is 40.5 Å². The van der Waals surface area contributed by atoms with Gasteiger partial charge in [-0.25, -0.2) is 0 Å². The standard InChI is InChI=1S/C38H64N4O11/c1-5-6-23(2)26-7-8-27-36-28(17-30(44)38(26,27)4)37(3)10-9-25(15-24(37)16-29(36)43)39-31(45)18-40(11-13-41(19-32(46)47)20-33(48)49)12-14-42(21-34(50)51)22-35(52)53/h23-30,36,43-44H,5-22H2,1-4H3,(H,39,45)(H,46,47)(H,48,49)(H,50,51)(H,52,53)/t23-,24+,25+,26-,27+,28+,29-,30+,36+,37+,38-/m1/s1. The van der Waals surface area contributed by atoms with E-state index in [4.69, 9.17) is 0 Å². The number of rotatable bonds is 20. The predicted octanol–water partition coefficient (Wildman–Crippen LogP) is 1.75. The van der Waals surface area contributed by atoms with Gasteiger partial charge in [0.05, 0.1) is 44.9 Å². The lowest BCUT2D eigenvalue weighted by Crippen LogP contribution is -2.63. The van der Waals surface area contributed by atoms with Gasteiger partial charge in [-0.05, 0) is 91.3 Å². The molecule has 0 saturated heterocycles. The number of fused-ring (bicyclic) bond motifs is 5. The van der Waals surface area contributed by atoms with E-state index in [1.165, 1.54) is 9.80 Å². The van der Waals surface area contributed by atoms with Crippen LogP contribution in [0.15, 0.2) is 0 Å². The molecule has 0 heterocycles. The highest BCUT2D eigenvalue weighted by molar-refractivity contribution is 5.78. The van der Waals surface area contributed by atoms with Gasteiger partial charge in [0.15, 0.2) is 0 Å². The summed E-state index contributed by atoms with van der Waals surface area (Å²) in [6, 6.07) is -0.151. The molecule has 302 valence electrons. The molecule has 4 fully saturated rings. The van der Waals surface area contributed by atoms with Crippen LogP contribution in [0.2, 0.25) is 0 Å². The molecule has 4 rings (SSSR count). The van der Waals surface area contributed by atoms with Crippen LogP contribution in [0.3, 0.4) is 0 Å². The summed E-state index contributed by atoms with van der Waals surface area (Å²) in [4.78, 5) is 63.1. The Balaban J connectivity index is 1.42. The van der Waals surface area contributed by atoms with E-state index in [2.05, 4.69) is 33.0 Å². The van der Waals surface area contributed by atoms with Gasteiger partial charge in [0.1, 0.15) is 0 Å². The fraction of sp³-hybridized carbons (Fsp3) is 0.868. The lowest BCUT2D eigenvalue weighted by atomic mass is 9.43. The van der Waals surface area contributed by atoms with Gasteiger partial charge in [0.25, 0.3) is 0 Å². The normalized spacial score (nSPS) is 34.3. The molecule has 4 saturated carbocycles. The van der Waals surface area contributed by atoms with Crippen LogP contribution >= 0.6 is 0 Å². The van der Waals surface area contributed by atoms with Gasteiger partial charge in [-0.15, -0.1) is 0 Å². The number of aliphatic hydroxyl groups is 2. The lowest BCUT2D eigenvalue weighted by Gasteiger charge is -2.63. The molecule has 15 heteroatoms. The Hall–Kier alpha value is -2.85. The summed E-state index contributed by atoms with van der Waals surface area (Å²) in [5.41, 5.74) is -0.282. The summed E-state index contributed by atoms with van der Waals surface area (Å²) in [5.74, 6) is -3.40. The van der Waals surface area contributed by atoms with Crippen molar-refractivity contribution in [3.8, 4) is 0 Å². The topological polar surface area (TPSA) is 228 Å². The van der Waals surface area contributed by atoms with Crippen molar-refractivity contribution in [2.45, 2.75) is 104 Å². The van der Waals surface area contributed by atoms with E-state index >= 15 is 0 Å². The van der Waals surface area contributed by atoms with Crippen LogP contribution in [0, 0.1) is 46.3 Å². The first-order chi connectivity index (χ1) is 24.9. The Labute approximate surface area is 313 Å². The molecule has 4 aliphatic carbocycles. The molecule has 53 heavy (non-hydrogen) atoms. The molecule has 15 nitrogen and oxygen atoms in total. The minimum Gasteiger partial charge on any atom is -0.480 e. The van der Waals surface area contributed by atoms with Crippen molar-refractivity contribution in [1.82, 2.24) is 20.0 Å². The number of aliphatic carboxylic acids is 4. The van der Waals surface area contributed by atoms with E-state index in [9.17, 15) is 54.6 Å². The maximum Gasteiger partial charge on any atom is 0.317 e. The molecule has 0 aliphatic heterocycles. The Bertz CT molecular complexity index is 1250. The average molecular weight is 753 g/mol. The van der Waals surface area contributed by atoms with Crippen LogP contribution < -0.4 is 5.32 Å². The van der Waals surface area contributed by atoms with Gasteiger partial charge in [0, 0.05) is 32.2 Å². The van der Waals surface area contributed by atoms with Gasteiger partial charge in [0.2, 0.25) is 5.91 Å². The Morgan fingerprint density at radius 1 is 0.717 bits per heavy atom. The zero-order valence-electron chi connectivity index (χ0n) is 32.0. The van der Waals surface area contributed by atoms with Crippen molar-refractivity contribution in [1.29, 1.82) is 0 Å². The van der Waals surface area contributed by atoms with Gasteiger partial charge in [-0.2, -0.15) is 0 Å². The first-order valence-electron chi connectivity index (χ1n) is 19.6. The van der Waals surface area contributed by atoms with Crippen LogP contribution in [-0.2, 0) is 24.0 Å². The highest BCUT2D eigenvalue weighted by Gasteiger charge is 2.65. The van der Waals surface area contributed by atoms with Crippen LogP contribution in [0.4, 0.5) is 0 Å². The third kappa shape index (κ3) is 10.3. The summed E-state index contributed by atoms with van der Waals surface area (Å²) >= 11 is 0. The monoisotopic (exact) mass is 752 g/mol. The second-order valence-corrected chi connectivity index (χ2v) is 17.2. The highest BCUT2D eigenvalue weighted by Crippen LogP contribution is 2.68. The van der Waals surface area contributed by atoms with E-state index < -0.39 is 62.3 Å². The number of carbonyl (C=O) groups is 5. The van der Waals surface area contributed by atoms with E-state index in [1.807, 2.05) is 0 Å². The van der Waals surface area contributed by atoms with Crippen molar-refractivity contribution in [2.75, 3.05) is 58.9 Å². The molecule has 0 bridgehead atoms. The summed E-state index contributed by atoms with van der Waals surface area (Å²) in [6.45, 7) is 7.07. The second-order valence-electron chi connectivity index (χ2n) is 17.2. The van der Waals surface area contributed by atoms with E-state index in [1.54, 1.807) is 4.90 Å². The summed E-state index contributed by atoms with van der Waals surface area (Å²) in [5, 5.41) is 63.9. The molecule has 0 unspecified atom stereocenters. The summed E-state index contributed by atoms with van der Waals surface area (Å²) < 4.78 is 0. The molecule has 1 amide bonds. The Morgan fingerprint density at radius 2 is 1.25 bits per heavy atom. The zero-order chi connectivity index (χ0) is 39.2. The minimum atomic E-state index is -1.21. The maximum atomic E-state index is 13.6. The second kappa shape index (κ2) is 18.2. The van der Waals surface area contributed by atoms with Crippen LogP contribution in [0.1, 0.15) is 85.5 Å². The van der Waals surface area contributed by atoms with Crippen molar-refractivity contribution < 1.29 is 54.6 Å². The summed E-state index contributed by atoms with van der Waals surface area (Å²) in [7, 11) is 0. The summed E-state index contributed by atoms with van der Waals surface area (Å²) in [6.07, 6.45) is 7.11. The zero-order valence-corrected chi connectivity index (χ0v) is 32.0. The fourth-order valence-corrected chi connectivity index (χ4v) is 11.4. The molecule has 7 N–H and O–H groups in total. The molecular formula is C38H64N4O11. The number of amides is 1. The van der Waals surface area contributed by atoms with E-state index in [0.717, 1.165) is 38.5 Å². The molecule has 0 aromatic carbocycles. The highest BCUT2D eigenvalue weighted by atomic mass is 16.4. The van der Waals surface area contributed by atoms with E-state index in [-0.39, 0.29) is 79.2 Å². The smallest absolute Gasteiger partial charge is 0.317 e. The molecule has 0 radical (unpaired) electrons. The molecule has 0 spiro atoms. The van der Waals surface area contributed by atoms with Crippen molar-refractivity contribution in [2.24, 2.45) is 46.3 Å². The van der Waals surface area contributed by atoms with Crippen molar-refractivity contribution in [3.05, 3.63) is 0 Å². The largest absolute Gasteiger partial charge is 0.480 e. The van der Waals surface area contributed by atoms with Crippen LogP contribution in [-0.4, -0.2) is 152 Å². The quantitative estimate of drug-likeness (QED) is 0.0941. The molecular weight excluding hydrogens is 688 g/mol. The Kier molecular flexibility index (Phi) is 14.7. The predicted molar refractivity (Wildman–Crippen MR) is 194 cm³/mol. The fourth-order valence-electron chi connectivity index (χ4n) is 11.4. The number of hydrogen-bond donors (Lipinski definition) is 7. The van der Waals surface area contributed by atoms with Gasteiger partial charge >= 0.3 is 23.9 Å². The molecule has 4 aliphatic rings. The first-order valence-corrected chi connectivity index (χ1v) is 19.6. The number of carboxylic acids is 4. The number of aliphatic hydroxyl groups excluding tert-OH is 2. The number of hydrogen-bond acceptors (Lipinski definition) is 10. The maximum absolute atomic E-state index is 13.6. The lowest BCUT2D eigenvalue weighted by molar-refractivity contribution is -0.202. The van der Waals surface area contributed by atoms with Crippen LogP contribution in [0.5, 0.6) is 0 Å². The minimum absolute atomic E-state index is 0.00179. The SMILES string of the molecule is CCC[C@@H](C)[C@H]1CC[C@H]2[C@@H]3[C@H](O)C[C@@H]4C[C@@H](NC(=O)CN(CCN(CC(=O)O)CC(=O)O)CCN(CC(=O)O)CC(=O)O)CC[C@]4(C)[C@H]3C[C@H](O)[C@]12C. The first kappa shape index (κ1) is 42.9. The number of nitrogens with zero attached hydrogens (tertiary/aromatic N) is 3.